The first-order valence-electron chi connectivity index (χ1n) is 6.50. The maximum Gasteiger partial charge on any atom is 0.129 e. The fraction of sp³-hybridized carbons (Fsp3) is 0.400. The van der Waals surface area contributed by atoms with Gasteiger partial charge in [-0.25, -0.2) is 4.98 Å². The Kier molecular flexibility index (Phi) is 2.82. The zero-order valence-corrected chi connectivity index (χ0v) is 11.3. The van der Waals surface area contributed by atoms with E-state index in [1.54, 1.807) is 7.11 Å². The number of β-amino-alcohol motifs (C(OH)–C–C–N with tert-alkyl or cyclic N) is 1. The Balaban J connectivity index is 1.94. The van der Waals surface area contributed by atoms with Crippen LogP contribution in [0.1, 0.15) is 13.3 Å². The minimum absolute atomic E-state index is 0.601. The van der Waals surface area contributed by atoms with Crippen molar-refractivity contribution in [3.05, 3.63) is 30.3 Å². The summed E-state index contributed by atoms with van der Waals surface area (Å²) < 4.78 is 5.21. The summed E-state index contributed by atoms with van der Waals surface area (Å²) >= 11 is 0. The molecular weight excluding hydrogens is 240 g/mol. The Morgan fingerprint density at radius 3 is 2.84 bits per heavy atom. The smallest absolute Gasteiger partial charge is 0.129 e. The summed E-state index contributed by atoms with van der Waals surface area (Å²) in [4.78, 5) is 6.79. The molecule has 4 nitrogen and oxygen atoms in total. The second kappa shape index (κ2) is 4.38. The molecule has 1 aliphatic rings. The standard InChI is InChI=1S/C15H18N2O2/c1-15(18)7-8-17(10-15)14-6-3-11-9-12(19-2)4-5-13(11)16-14/h3-6,9,18H,7-8,10H2,1-2H3. The van der Waals surface area contributed by atoms with Crippen LogP contribution in [0.4, 0.5) is 5.82 Å². The fourth-order valence-electron chi connectivity index (χ4n) is 2.54. The number of aliphatic hydroxyl groups is 1. The van der Waals surface area contributed by atoms with Crippen molar-refractivity contribution in [2.75, 3.05) is 25.1 Å². The number of hydrogen-bond donors (Lipinski definition) is 1. The van der Waals surface area contributed by atoms with Gasteiger partial charge in [0.05, 0.1) is 18.2 Å². The summed E-state index contributed by atoms with van der Waals surface area (Å²) in [6.07, 6.45) is 0.787. The molecule has 1 atom stereocenters. The zero-order chi connectivity index (χ0) is 13.5. The van der Waals surface area contributed by atoms with E-state index in [0.717, 1.165) is 35.4 Å². The molecule has 1 N–H and O–H groups in total. The van der Waals surface area contributed by atoms with Crippen LogP contribution >= 0.6 is 0 Å². The van der Waals surface area contributed by atoms with Gasteiger partial charge in [-0.1, -0.05) is 0 Å². The lowest BCUT2D eigenvalue weighted by Crippen LogP contribution is -2.29. The zero-order valence-electron chi connectivity index (χ0n) is 11.3. The molecule has 19 heavy (non-hydrogen) atoms. The first-order chi connectivity index (χ1) is 9.07. The van der Waals surface area contributed by atoms with Gasteiger partial charge in [-0.3, -0.25) is 0 Å². The highest BCUT2D eigenvalue weighted by Crippen LogP contribution is 2.27. The summed E-state index contributed by atoms with van der Waals surface area (Å²) in [7, 11) is 1.66. The monoisotopic (exact) mass is 258 g/mol. The van der Waals surface area contributed by atoms with Crippen LogP contribution in [0.15, 0.2) is 30.3 Å². The minimum atomic E-state index is -0.601. The number of hydrogen-bond acceptors (Lipinski definition) is 4. The van der Waals surface area contributed by atoms with Crippen molar-refractivity contribution in [3.63, 3.8) is 0 Å². The van der Waals surface area contributed by atoms with Crippen LogP contribution in [-0.2, 0) is 0 Å². The van der Waals surface area contributed by atoms with Gasteiger partial charge in [-0.15, -0.1) is 0 Å². The second-order valence-corrected chi connectivity index (χ2v) is 5.40. The highest BCUT2D eigenvalue weighted by atomic mass is 16.5. The Morgan fingerprint density at radius 2 is 2.16 bits per heavy atom. The number of aromatic nitrogens is 1. The topological polar surface area (TPSA) is 45.6 Å². The van der Waals surface area contributed by atoms with E-state index in [-0.39, 0.29) is 0 Å². The summed E-state index contributed by atoms with van der Waals surface area (Å²) in [6, 6.07) is 9.91. The van der Waals surface area contributed by atoms with Gasteiger partial charge in [0.1, 0.15) is 11.6 Å². The van der Waals surface area contributed by atoms with E-state index in [4.69, 9.17) is 4.74 Å². The fourth-order valence-corrected chi connectivity index (χ4v) is 2.54. The average molecular weight is 258 g/mol. The molecule has 1 aromatic carbocycles. The van der Waals surface area contributed by atoms with Crippen LogP contribution in [0, 0.1) is 0 Å². The maximum absolute atomic E-state index is 10.0. The number of fused-ring (bicyclic) bond motifs is 1. The summed E-state index contributed by atoms with van der Waals surface area (Å²) in [5.74, 6) is 1.77. The van der Waals surface area contributed by atoms with Gasteiger partial charge in [0.15, 0.2) is 0 Å². The summed E-state index contributed by atoms with van der Waals surface area (Å²) in [5, 5.41) is 11.1. The highest BCUT2D eigenvalue weighted by molar-refractivity contribution is 5.81. The van der Waals surface area contributed by atoms with Crippen molar-refractivity contribution in [2.24, 2.45) is 0 Å². The van der Waals surface area contributed by atoms with E-state index in [0.29, 0.717) is 6.54 Å². The molecule has 0 spiro atoms. The van der Waals surface area contributed by atoms with Crippen molar-refractivity contribution in [3.8, 4) is 5.75 Å². The Bertz CT molecular complexity index is 610. The lowest BCUT2D eigenvalue weighted by molar-refractivity contribution is 0.0839. The third kappa shape index (κ3) is 2.36. The molecule has 4 heteroatoms. The van der Waals surface area contributed by atoms with Crippen LogP contribution in [-0.4, -0.2) is 35.9 Å². The molecule has 1 fully saturated rings. The van der Waals surface area contributed by atoms with E-state index in [2.05, 4.69) is 9.88 Å². The molecule has 2 heterocycles. The molecule has 3 rings (SSSR count). The summed E-state index contributed by atoms with van der Waals surface area (Å²) in [5.41, 5.74) is 0.348. The average Bonchev–Trinajstić information content (AvgIpc) is 2.78. The van der Waals surface area contributed by atoms with Crippen molar-refractivity contribution >= 4 is 16.7 Å². The molecule has 0 bridgehead atoms. The number of nitrogens with zero attached hydrogens (tertiary/aromatic N) is 2. The van der Waals surface area contributed by atoms with Crippen molar-refractivity contribution < 1.29 is 9.84 Å². The minimum Gasteiger partial charge on any atom is -0.497 e. The normalized spacial score (nSPS) is 23.0. The number of pyridine rings is 1. The molecule has 1 saturated heterocycles. The van der Waals surface area contributed by atoms with Crippen molar-refractivity contribution in [1.29, 1.82) is 0 Å². The molecule has 1 aromatic heterocycles. The van der Waals surface area contributed by atoms with Crippen LogP contribution in [0.25, 0.3) is 10.9 Å². The predicted molar refractivity (Wildman–Crippen MR) is 75.7 cm³/mol. The lowest BCUT2D eigenvalue weighted by atomic mass is 10.1. The molecule has 0 saturated carbocycles. The second-order valence-electron chi connectivity index (χ2n) is 5.40. The molecule has 2 aromatic rings. The highest BCUT2D eigenvalue weighted by Gasteiger charge is 2.31. The van der Waals surface area contributed by atoms with Crippen LogP contribution < -0.4 is 9.64 Å². The van der Waals surface area contributed by atoms with Crippen LogP contribution in [0.3, 0.4) is 0 Å². The molecule has 100 valence electrons. The van der Waals surface area contributed by atoms with E-state index in [9.17, 15) is 5.11 Å². The van der Waals surface area contributed by atoms with E-state index in [1.165, 1.54) is 0 Å². The van der Waals surface area contributed by atoms with Crippen molar-refractivity contribution in [1.82, 2.24) is 4.98 Å². The number of ether oxygens (including phenoxy) is 1. The van der Waals surface area contributed by atoms with Crippen LogP contribution in [0.2, 0.25) is 0 Å². The SMILES string of the molecule is COc1ccc2nc(N3CCC(C)(O)C3)ccc2c1. The first-order valence-corrected chi connectivity index (χ1v) is 6.50. The third-order valence-corrected chi connectivity index (χ3v) is 3.66. The summed E-state index contributed by atoms with van der Waals surface area (Å²) in [6.45, 7) is 3.36. The molecule has 1 aliphatic heterocycles. The lowest BCUT2D eigenvalue weighted by Gasteiger charge is -2.20. The molecular formula is C15H18N2O2. The molecule has 0 amide bonds. The largest absolute Gasteiger partial charge is 0.497 e. The number of methoxy groups -OCH3 is 1. The van der Waals surface area contributed by atoms with E-state index in [1.807, 2.05) is 37.3 Å². The van der Waals surface area contributed by atoms with E-state index >= 15 is 0 Å². The Morgan fingerprint density at radius 1 is 1.32 bits per heavy atom. The van der Waals surface area contributed by atoms with Crippen LogP contribution in [0.5, 0.6) is 5.75 Å². The molecule has 0 aliphatic carbocycles. The molecule has 1 unspecified atom stereocenters. The Labute approximate surface area is 112 Å². The first kappa shape index (κ1) is 12.2. The van der Waals surface area contributed by atoms with Gasteiger partial charge in [-0.2, -0.15) is 0 Å². The van der Waals surface area contributed by atoms with Gasteiger partial charge in [0, 0.05) is 18.5 Å². The third-order valence-electron chi connectivity index (χ3n) is 3.66. The number of rotatable bonds is 2. The number of benzene rings is 1. The van der Waals surface area contributed by atoms with E-state index < -0.39 is 5.60 Å². The predicted octanol–water partition coefficient (Wildman–Crippen LogP) is 2.20. The van der Waals surface area contributed by atoms with Gasteiger partial charge in [-0.05, 0) is 43.7 Å². The quantitative estimate of drug-likeness (QED) is 0.897. The Hall–Kier alpha value is -1.81. The number of anilines is 1. The van der Waals surface area contributed by atoms with Gasteiger partial charge >= 0.3 is 0 Å². The maximum atomic E-state index is 10.0. The van der Waals surface area contributed by atoms with Gasteiger partial charge in [0.2, 0.25) is 0 Å². The van der Waals surface area contributed by atoms with Crippen molar-refractivity contribution in [2.45, 2.75) is 18.9 Å². The van der Waals surface area contributed by atoms with Gasteiger partial charge in [0.25, 0.3) is 0 Å². The molecule has 0 radical (unpaired) electrons. The van der Waals surface area contributed by atoms with Gasteiger partial charge < -0.3 is 14.7 Å².